The lowest BCUT2D eigenvalue weighted by Gasteiger charge is -2.20. The Bertz CT molecular complexity index is 1160. The van der Waals surface area contributed by atoms with E-state index in [1.807, 2.05) is 0 Å². The summed E-state index contributed by atoms with van der Waals surface area (Å²) < 4.78 is 27.2. The third kappa shape index (κ3) is 6.91. The van der Waals surface area contributed by atoms with Gasteiger partial charge in [-0.05, 0) is 61.0 Å². The van der Waals surface area contributed by atoms with Crippen LogP contribution >= 0.6 is 12.2 Å². The third-order valence-corrected chi connectivity index (χ3v) is 7.18. The zero-order chi connectivity index (χ0) is 23.8. The molecule has 0 aliphatic carbocycles. The molecular weight excluding hydrogens is 464 g/mol. The quantitative estimate of drug-likeness (QED) is 0.275. The number of nitro groups is 1. The van der Waals surface area contributed by atoms with Gasteiger partial charge in [-0.1, -0.05) is 25.0 Å². The fourth-order valence-corrected chi connectivity index (χ4v) is 5.11. The summed E-state index contributed by atoms with van der Waals surface area (Å²) in [5.41, 5.74) is 0.952. The summed E-state index contributed by atoms with van der Waals surface area (Å²) >= 11 is 5.13. The van der Waals surface area contributed by atoms with Crippen LogP contribution < -0.4 is 10.6 Å². The Kier molecular flexibility index (Phi) is 8.26. The molecule has 2 aromatic rings. The monoisotopic (exact) mass is 488 g/mol. The Morgan fingerprint density at radius 2 is 1.73 bits per heavy atom. The van der Waals surface area contributed by atoms with Crippen molar-refractivity contribution >= 4 is 50.7 Å². The molecule has 2 N–H and O–H groups in total. The number of hydrogen-bond acceptors (Lipinski definition) is 6. The lowest BCUT2D eigenvalue weighted by atomic mass is 10.2. The van der Waals surface area contributed by atoms with Crippen molar-refractivity contribution in [2.45, 2.75) is 30.6 Å². The molecule has 33 heavy (non-hydrogen) atoms. The van der Waals surface area contributed by atoms with Crippen molar-refractivity contribution in [3.8, 4) is 0 Å². The molecule has 0 bridgehead atoms. The van der Waals surface area contributed by atoms with Gasteiger partial charge in [-0.25, -0.2) is 8.42 Å². The second-order valence-electron chi connectivity index (χ2n) is 7.47. The van der Waals surface area contributed by atoms with E-state index in [0.29, 0.717) is 24.3 Å². The molecule has 0 radical (unpaired) electrons. The van der Waals surface area contributed by atoms with E-state index in [0.717, 1.165) is 25.7 Å². The van der Waals surface area contributed by atoms with Crippen LogP contribution in [0, 0.1) is 10.1 Å². The molecule has 1 aliphatic heterocycles. The topological polar surface area (TPSA) is 122 Å². The Morgan fingerprint density at radius 3 is 2.36 bits per heavy atom. The van der Waals surface area contributed by atoms with E-state index >= 15 is 0 Å². The molecule has 1 heterocycles. The average Bonchev–Trinajstić information content (AvgIpc) is 3.08. The molecule has 0 spiro atoms. The molecule has 1 amide bonds. The first-order valence-corrected chi connectivity index (χ1v) is 12.3. The first kappa shape index (κ1) is 24.5. The van der Waals surface area contributed by atoms with Crippen molar-refractivity contribution < 1.29 is 18.1 Å². The molecule has 1 saturated heterocycles. The number of amides is 1. The fourth-order valence-electron chi connectivity index (χ4n) is 3.37. The van der Waals surface area contributed by atoms with Crippen molar-refractivity contribution in [2.75, 3.05) is 18.4 Å². The van der Waals surface area contributed by atoms with Gasteiger partial charge >= 0.3 is 0 Å². The van der Waals surface area contributed by atoms with Crippen molar-refractivity contribution in [2.24, 2.45) is 0 Å². The van der Waals surface area contributed by atoms with Crippen LogP contribution in [0.15, 0.2) is 59.5 Å². The van der Waals surface area contributed by atoms with Gasteiger partial charge in [-0.2, -0.15) is 4.31 Å². The van der Waals surface area contributed by atoms with E-state index in [1.54, 1.807) is 18.2 Å². The van der Waals surface area contributed by atoms with Crippen molar-refractivity contribution in [1.29, 1.82) is 0 Å². The van der Waals surface area contributed by atoms with Gasteiger partial charge in [0.15, 0.2) is 5.11 Å². The van der Waals surface area contributed by atoms with Crippen molar-refractivity contribution in [3.05, 3.63) is 70.3 Å². The van der Waals surface area contributed by atoms with Gasteiger partial charge in [0.25, 0.3) is 5.69 Å². The molecule has 174 valence electrons. The first-order chi connectivity index (χ1) is 15.8. The molecule has 3 rings (SSSR count). The van der Waals surface area contributed by atoms with Crippen LogP contribution in [0.25, 0.3) is 6.08 Å². The second kappa shape index (κ2) is 11.1. The van der Waals surface area contributed by atoms with Gasteiger partial charge in [0, 0.05) is 37.0 Å². The molecule has 0 unspecified atom stereocenters. The standard InChI is InChI=1S/C22H24N4O5S2/c27-21(13-8-17-6-5-7-19(16-17)26(28)29)24-22(32)23-18-9-11-20(12-10-18)33(30,31)25-14-3-1-2-4-15-25/h5-13,16H,1-4,14-15H2,(H2,23,24,27,32)/b13-8+. The van der Waals surface area contributed by atoms with Crippen LogP contribution in [0.5, 0.6) is 0 Å². The van der Waals surface area contributed by atoms with Crippen LogP contribution in [-0.2, 0) is 14.8 Å². The van der Waals surface area contributed by atoms with Gasteiger partial charge in [0.2, 0.25) is 15.9 Å². The number of carbonyl (C=O) groups excluding carboxylic acids is 1. The van der Waals surface area contributed by atoms with Gasteiger partial charge < -0.3 is 5.32 Å². The number of nitro benzene ring substituents is 1. The van der Waals surface area contributed by atoms with E-state index in [2.05, 4.69) is 10.6 Å². The Balaban J connectivity index is 1.56. The molecule has 1 aliphatic rings. The molecule has 11 heteroatoms. The maximum atomic E-state index is 12.8. The maximum Gasteiger partial charge on any atom is 0.270 e. The minimum absolute atomic E-state index is 0.0341. The summed E-state index contributed by atoms with van der Waals surface area (Å²) in [6, 6.07) is 12.1. The number of benzene rings is 2. The summed E-state index contributed by atoms with van der Waals surface area (Å²) in [7, 11) is -3.54. The minimum atomic E-state index is -3.54. The Hall–Kier alpha value is -3.15. The number of hydrogen-bond donors (Lipinski definition) is 2. The number of thiocarbonyl (C=S) groups is 1. The van der Waals surface area contributed by atoms with E-state index in [1.165, 1.54) is 46.8 Å². The SMILES string of the molecule is O=C(/C=C/c1cccc([N+](=O)[O-])c1)NC(=S)Nc1ccc(S(=O)(=O)N2CCCCCC2)cc1. The zero-order valence-corrected chi connectivity index (χ0v) is 19.4. The number of anilines is 1. The number of rotatable bonds is 6. The van der Waals surface area contributed by atoms with E-state index < -0.39 is 20.9 Å². The van der Waals surface area contributed by atoms with Crippen molar-refractivity contribution in [1.82, 2.24) is 9.62 Å². The summed E-state index contributed by atoms with van der Waals surface area (Å²) in [6.45, 7) is 1.06. The number of nitrogens with zero attached hydrogens (tertiary/aromatic N) is 2. The number of sulfonamides is 1. The van der Waals surface area contributed by atoms with Crippen LogP contribution in [-0.4, -0.2) is 41.8 Å². The normalized spacial score (nSPS) is 15.0. The Morgan fingerprint density at radius 1 is 1.06 bits per heavy atom. The molecule has 0 atom stereocenters. The summed E-state index contributed by atoms with van der Waals surface area (Å²) in [6.07, 6.45) is 6.46. The zero-order valence-electron chi connectivity index (χ0n) is 17.8. The predicted molar refractivity (Wildman–Crippen MR) is 130 cm³/mol. The highest BCUT2D eigenvalue weighted by atomic mass is 32.2. The van der Waals surface area contributed by atoms with E-state index in [9.17, 15) is 23.3 Å². The lowest BCUT2D eigenvalue weighted by Crippen LogP contribution is -2.33. The lowest BCUT2D eigenvalue weighted by molar-refractivity contribution is -0.384. The van der Waals surface area contributed by atoms with Crippen LogP contribution in [0.2, 0.25) is 0 Å². The smallest absolute Gasteiger partial charge is 0.270 e. The van der Waals surface area contributed by atoms with Crippen molar-refractivity contribution in [3.63, 3.8) is 0 Å². The first-order valence-electron chi connectivity index (χ1n) is 10.4. The van der Waals surface area contributed by atoms with Crippen LogP contribution in [0.4, 0.5) is 11.4 Å². The van der Waals surface area contributed by atoms with Gasteiger partial charge in [-0.15, -0.1) is 0 Å². The highest BCUT2D eigenvalue weighted by Crippen LogP contribution is 2.22. The minimum Gasteiger partial charge on any atom is -0.332 e. The van der Waals surface area contributed by atoms with E-state index in [4.69, 9.17) is 12.2 Å². The highest BCUT2D eigenvalue weighted by molar-refractivity contribution is 7.89. The van der Waals surface area contributed by atoms with Gasteiger partial charge in [0.1, 0.15) is 0 Å². The van der Waals surface area contributed by atoms with Crippen LogP contribution in [0.1, 0.15) is 31.2 Å². The number of carbonyl (C=O) groups is 1. The predicted octanol–water partition coefficient (Wildman–Crippen LogP) is 3.69. The molecular formula is C22H24N4O5S2. The summed E-state index contributed by atoms with van der Waals surface area (Å²) in [5.74, 6) is -0.514. The highest BCUT2D eigenvalue weighted by Gasteiger charge is 2.24. The maximum absolute atomic E-state index is 12.8. The molecule has 9 nitrogen and oxygen atoms in total. The summed E-state index contributed by atoms with van der Waals surface area (Å²) in [4.78, 5) is 22.6. The molecule has 0 saturated carbocycles. The molecule has 1 fully saturated rings. The second-order valence-corrected chi connectivity index (χ2v) is 9.82. The summed E-state index contributed by atoms with van der Waals surface area (Å²) in [5, 5.41) is 16.2. The average molecular weight is 489 g/mol. The van der Waals surface area contributed by atoms with E-state index in [-0.39, 0.29) is 15.7 Å². The third-order valence-electron chi connectivity index (χ3n) is 5.06. The fraction of sp³-hybridized carbons (Fsp3) is 0.273. The van der Waals surface area contributed by atoms with Gasteiger partial charge in [-0.3, -0.25) is 20.2 Å². The molecule has 0 aromatic heterocycles. The van der Waals surface area contributed by atoms with Gasteiger partial charge in [0.05, 0.1) is 9.82 Å². The number of non-ortho nitro benzene ring substituents is 1. The molecule has 2 aromatic carbocycles. The number of nitrogens with one attached hydrogen (secondary N) is 2. The van der Waals surface area contributed by atoms with Crippen LogP contribution in [0.3, 0.4) is 0 Å². The largest absolute Gasteiger partial charge is 0.332 e. The Labute approximate surface area is 197 Å².